The molecule has 0 saturated carbocycles. The van der Waals surface area contributed by atoms with Gasteiger partial charge in [0.2, 0.25) is 5.91 Å². The molecule has 5 heterocycles. The lowest BCUT2D eigenvalue weighted by atomic mass is 9.95. The van der Waals surface area contributed by atoms with Gasteiger partial charge in [-0.1, -0.05) is 24.3 Å². The molecule has 14 nitrogen and oxygen atoms in total. The van der Waals surface area contributed by atoms with Crippen LogP contribution in [0, 0.1) is 18.3 Å². The van der Waals surface area contributed by atoms with Crippen LogP contribution < -0.4 is 30.7 Å². The average Bonchev–Trinajstić information content (AvgIpc) is 3.72. The third kappa shape index (κ3) is 9.81. The van der Waals surface area contributed by atoms with Gasteiger partial charge >= 0.3 is 6.03 Å². The number of amides is 4. The van der Waals surface area contributed by atoms with Crippen molar-refractivity contribution in [2.45, 2.75) is 59.0 Å². The molecule has 3 fully saturated rings. The van der Waals surface area contributed by atoms with Crippen molar-refractivity contribution in [3.63, 3.8) is 0 Å². The molecule has 0 atom stereocenters. The molecule has 3 aliphatic rings. The molecule has 0 unspecified atom stereocenters. The van der Waals surface area contributed by atoms with Gasteiger partial charge in [-0.25, -0.2) is 14.8 Å². The first-order chi connectivity index (χ1) is 29.9. The molecular weight excluding hydrogens is 779 g/mol. The fourth-order valence-corrected chi connectivity index (χ4v) is 8.54. The number of fused-ring (bicyclic) bond motifs is 1. The molecule has 3 saturated heterocycles. The van der Waals surface area contributed by atoms with Gasteiger partial charge in [-0.2, -0.15) is 0 Å². The second-order valence-electron chi connectivity index (χ2n) is 17.7. The smallest absolute Gasteiger partial charge is 0.328 e. The van der Waals surface area contributed by atoms with Gasteiger partial charge in [0.25, 0.3) is 5.91 Å². The largest absolute Gasteiger partial charge is 0.386 e. The number of imide groups is 1. The number of aromatic amines is 1. The summed E-state index contributed by atoms with van der Waals surface area (Å²) in [5.74, 6) is 0.161. The minimum atomic E-state index is -0.350. The van der Waals surface area contributed by atoms with Crippen LogP contribution in [0.15, 0.2) is 90.9 Å². The highest BCUT2D eigenvalue weighted by Crippen LogP contribution is 2.32. The first-order valence-corrected chi connectivity index (χ1v) is 21.6. The molecule has 0 radical (unpaired) electrons. The zero-order valence-corrected chi connectivity index (χ0v) is 36.1. The van der Waals surface area contributed by atoms with Crippen molar-refractivity contribution >= 4 is 52.2 Å². The number of aryl methyl sites for hydroxylation is 1. The molecule has 8 rings (SSSR count). The van der Waals surface area contributed by atoms with Crippen molar-refractivity contribution in [2.75, 3.05) is 67.1 Å². The van der Waals surface area contributed by atoms with Gasteiger partial charge < -0.3 is 30.8 Å². The van der Waals surface area contributed by atoms with E-state index >= 15 is 0 Å². The van der Waals surface area contributed by atoms with Crippen molar-refractivity contribution in [3.8, 4) is 22.5 Å². The standard InChI is InChI=1S/C48H57N11O3/c1-32-25-35(5-6-36(32)28-50-46(61)37(27-49)29-53-48(2,3)4)44-41-26-42(54-45(41)52-31-51-44)34-7-9-38(10-8-34)58-23-21-56(22-24-58)30-33-15-18-57(19-16-33)39-11-13-40(14-12-39)59-20-17-43(60)55-47(59)62/h5-14,25-27,29,31,33,49,53H,15-24,28,30H2,1-4H3,(H,50,61)(H,51,52,54)(H,55,60,62)/b37-29+,49-27?. The Labute approximate surface area is 363 Å². The lowest BCUT2D eigenvalue weighted by Crippen LogP contribution is -2.49. The second-order valence-corrected chi connectivity index (χ2v) is 17.7. The number of H-pyrrole nitrogens is 1. The van der Waals surface area contributed by atoms with Crippen LogP contribution in [0.1, 0.15) is 51.2 Å². The van der Waals surface area contributed by atoms with Crippen LogP contribution in [0.5, 0.6) is 0 Å². The lowest BCUT2D eigenvalue weighted by molar-refractivity contribution is -0.120. The number of urea groups is 1. The summed E-state index contributed by atoms with van der Waals surface area (Å²) >= 11 is 0. The van der Waals surface area contributed by atoms with Crippen LogP contribution in [0.2, 0.25) is 0 Å². The summed E-state index contributed by atoms with van der Waals surface area (Å²) in [5.41, 5.74) is 9.97. The number of nitrogens with one attached hydrogen (secondary N) is 5. The lowest BCUT2D eigenvalue weighted by Gasteiger charge is -2.40. The van der Waals surface area contributed by atoms with Crippen LogP contribution in [0.4, 0.5) is 21.9 Å². The molecule has 3 aromatic carbocycles. The van der Waals surface area contributed by atoms with Gasteiger partial charge in [-0.15, -0.1) is 0 Å². The summed E-state index contributed by atoms with van der Waals surface area (Å²) in [5, 5.41) is 17.1. The maximum Gasteiger partial charge on any atom is 0.328 e. The monoisotopic (exact) mass is 835 g/mol. The number of piperazine rings is 1. The zero-order valence-electron chi connectivity index (χ0n) is 36.1. The highest BCUT2D eigenvalue weighted by atomic mass is 16.2. The van der Waals surface area contributed by atoms with E-state index in [-0.39, 0.29) is 29.0 Å². The van der Waals surface area contributed by atoms with Gasteiger partial charge in [0, 0.05) is 117 Å². The summed E-state index contributed by atoms with van der Waals surface area (Å²) < 4.78 is 0. The first kappa shape index (κ1) is 42.2. The van der Waals surface area contributed by atoms with Crippen molar-refractivity contribution in [1.82, 2.24) is 35.8 Å². The maximum atomic E-state index is 12.8. The van der Waals surface area contributed by atoms with E-state index in [1.807, 2.05) is 52.0 Å². The van der Waals surface area contributed by atoms with Gasteiger partial charge in [0.05, 0.1) is 11.3 Å². The summed E-state index contributed by atoms with van der Waals surface area (Å²) in [6.45, 7) is 16.1. The summed E-state index contributed by atoms with van der Waals surface area (Å²) in [4.78, 5) is 58.5. The topological polar surface area (TPSA) is 166 Å². The fraction of sp³-hybridized carbons (Fsp3) is 0.375. The first-order valence-electron chi connectivity index (χ1n) is 21.6. The van der Waals surface area contributed by atoms with Crippen molar-refractivity contribution < 1.29 is 14.4 Å². The van der Waals surface area contributed by atoms with E-state index in [1.54, 1.807) is 17.4 Å². The Morgan fingerprint density at radius 1 is 0.839 bits per heavy atom. The van der Waals surface area contributed by atoms with Crippen LogP contribution in [0.3, 0.4) is 0 Å². The molecular formula is C48H57N11O3. The third-order valence-electron chi connectivity index (χ3n) is 12.2. The van der Waals surface area contributed by atoms with Gasteiger partial charge in [-0.05, 0) is 112 Å². The van der Waals surface area contributed by atoms with Crippen LogP contribution in [-0.2, 0) is 16.1 Å². The minimum Gasteiger partial charge on any atom is -0.386 e. The molecule has 14 heteroatoms. The SMILES string of the molecule is Cc1cc(-c2ncnc3[nH]c(-c4ccc(N5CCN(CC6CCN(c7ccc(N8CCC(=O)NC8=O)cc7)CC6)CC5)cc4)cc23)ccc1CNC(=O)/C(C=N)=C/NC(C)(C)C. The number of anilines is 3. The van der Waals surface area contributed by atoms with Crippen LogP contribution >= 0.6 is 0 Å². The number of benzene rings is 3. The van der Waals surface area contributed by atoms with E-state index in [1.165, 1.54) is 11.4 Å². The molecule has 0 aliphatic carbocycles. The number of nitrogens with zero attached hydrogens (tertiary/aromatic N) is 6. The van der Waals surface area contributed by atoms with Gasteiger partial charge in [0.15, 0.2) is 0 Å². The van der Waals surface area contributed by atoms with Crippen molar-refractivity contribution in [1.29, 1.82) is 5.41 Å². The number of carbonyl (C=O) groups excluding carboxylic acids is 3. The number of hydrogen-bond donors (Lipinski definition) is 5. The van der Waals surface area contributed by atoms with E-state index in [0.717, 1.165) is 115 Å². The highest BCUT2D eigenvalue weighted by Gasteiger charge is 2.27. The number of hydrogen-bond acceptors (Lipinski definition) is 10. The Morgan fingerprint density at radius 3 is 2.16 bits per heavy atom. The Bertz CT molecular complexity index is 2450. The van der Waals surface area contributed by atoms with E-state index in [4.69, 9.17) is 5.41 Å². The quantitative estimate of drug-likeness (QED) is 0.0686. The molecule has 0 bridgehead atoms. The zero-order chi connectivity index (χ0) is 43.4. The number of rotatable bonds is 12. The van der Waals surface area contributed by atoms with E-state index in [2.05, 4.69) is 94.1 Å². The van der Waals surface area contributed by atoms with E-state index in [0.29, 0.717) is 25.4 Å². The van der Waals surface area contributed by atoms with Gasteiger partial charge in [0.1, 0.15) is 12.0 Å². The predicted molar refractivity (Wildman–Crippen MR) is 247 cm³/mol. The molecule has 2 aromatic heterocycles. The normalized spacial score (nSPS) is 17.0. The second kappa shape index (κ2) is 18.2. The Hall–Kier alpha value is -6.54. The summed E-state index contributed by atoms with van der Waals surface area (Å²) in [6, 6.07) is 24.9. The predicted octanol–water partition coefficient (Wildman–Crippen LogP) is 6.62. The van der Waals surface area contributed by atoms with E-state index < -0.39 is 0 Å². The Morgan fingerprint density at radius 2 is 1.50 bits per heavy atom. The number of aromatic nitrogens is 3. The molecule has 322 valence electrons. The summed E-state index contributed by atoms with van der Waals surface area (Å²) in [6.07, 6.45) is 6.90. The number of carbonyl (C=O) groups is 3. The molecule has 62 heavy (non-hydrogen) atoms. The third-order valence-corrected chi connectivity index (χ3v) is 12.2. The molecule has 0 spiro atoms. The molecule has 5 N–H and O–H groups in total. The number of piperidine rings is 1. The van der Waals surface area contributed by atoms with Crippen LogP contribution in [-0.4, -0.2) is 102 Å². The van der Waals surface area contributed by atoms with Crippen molar-refractivity contribution in [3.05, 3.63) is 102 Å². The average molecular weight is 836 g/mol. The van der Waals surface area contributed by atoms with Crippen molar-refractivity contribution in [2.24, 2.45) is 5.92 Å². The Balaban J connectivity index is 0.820. The van der Waals surface area contributed by atoms with Gasteiger partial charge in [-0.3, -0.25) is 24.7 Å². The minimum absolute atomic E-state index is 0.209. The highest BCUT2D eigenvalue weighted by molar-refractivity contribution is 6.11. The Kier molecular flexibility index (Phi) is 12.4. The fourth-order valence-electron chi connectivity index (χ4n) is 8.54. The summed E-state index contributed by atoms with van der Waals surface area (Å²) in [7, 11) is 0. The molecule has 5 aromatic rings. The van der Waals surface area contributed by atoms with Crippen LogP contribution in [0.25, 0.3) is 33.5 Å². The maximum absolute atomic E-state index is 12.8. The van der Waals surface area contributed by atoms with E-state index in [9.17, 15) is 14.4 Å². The molecule has 4 amide bonds. The molecule has 3 aliphatic heterocycles.